The van der Waals surface area contributed by atoms with E-state index >= 15 is 0 Å². The monoisotopic (exact) mass is 299 g/mol. The van der Waals surface area contributed by atoms with E-state index in [1.807, 2.05) is 12.1 Å². The second kappa shape index (κ2) is 6.11. The number of hydrogen-bond donors (Lipinski definition) is 1. The maximum Gasteiger partial charge on any atom is 0.404 e. The molecule has 0 spiro atoms. The molecular weight excluding hydrogens is 282 g/mol. The second-order valence-corrected chi connectivity index (χ2v) is 5.17. The molecule has 0 aliphatic carbocycles. The Bertz CT molecular complexity index is 676. The van der Waals surface area contributed by atoms with E-state index in [1.165, 1.54) is 0 Å². The molecule has 6 heteroatoms. The van der Waals surface area contributed by atoms with Crippen molar-refractivity contribution in [3.05, 3.63) is 47.8 Å². The Kier molecular flexibility index (Phi) is 4.02. The van der Waals surface area contributed by atoms with Crippen LogP contribution in [-0.2, 0) is 15.9 Å². The molecule has 1 amide bonds. The van der Waals surface area contributed by atoms with Crippen LogP contribution in [0.3, 0.4) is 0 Å². The molecule has 1 aromatic heterocycles. The Morgan fingerprint density at radius 3 is 2.91 bits per heavy atom. The zero-order chi connectivity index (χ0) is 15.5. The zero-order valence-electron chi connectivity index (χ0n) is 12.2. The molecule has 1 aliphatic heterocycles. The van der Waals surface area contributed by atoms with Crippen LogP contribution in [-0.4, -0.2) is 28.8 Å². The highest BCUT2D eigenvalue weighted by atomic mass is 16.6. The third-order valence-corrected chi connectivity index (χ3v) is 3.67. The molecule has 0 bridgehead atoms. The number of aromatic nitrogens is 2. The second-order valence-electron chi connectivity index (χ2n) is 5.17. The number of rotatable bonds is 3. The van der Waals surface area contributed by atoms with E-state index in [9.17, 15) is 4.79 Å². The van der Waals surface area contributed by atoms with Gasteiger partial charge in [-0.2, -0.15) is 0 Å². The SMILES string of the molecule is CC(OC(N)=O)C1OCCc2cc(-c3ncccn3)ccc21. The summed E-state index contributed by atoms with van der Waals surface area (Å²) in [5, 5.41) is 0. The number of ether oxygens (including phenoxy) is 2. The Hall–Kier alpha value is -2.47. The summed E-state index contributed by atoms with van der Waals surface area (Å²) in [7, 11) is 0. The van der Waals surface area contributed by atoms with E-state index in [4.69, 9.17) is 15.2 Å². The summed E-state index contributed by atoms with van der Waals surface area (Å²) in [6.07, 6.45) is 2.71. The van der Waals surface area contributed by atoms with Crippen LogP contribution in [0.5, 0.6) is 0 Å². The molecule has 2 N–H and O–H groups in total. The van der Waals surface area contributed by atoms with Crippen molar-refractivity contribution in [3.63, 3.8) is 0 Å². The van der Waals surface area contributed by atoms with E-state index < -0.39 is 12.2 Å². The lowest BCUT2D eigenvalue weighted by Gasteiger charge is -2.30. The quantitative estimate of drug-likeness (QED) is 0.939. The molecule has 1 aromatic carbocycles. The number of primary amides is 1. The predicted octanol–water partition coefficient (Wildman–Crippen LogP) is 2.24. The Balaban J connectivity index is 1.91. The highest BCUT2D eigenvalue weighted by Crippen LogP contribution is 2.33. The van der Waals surface area contributed by atoms with Gasteiger partial charge in [-0.25, -0.2) is 14.8 Å². The molecule has 0 saturated carbocycles. The smallest absolute Gasteiger partial charge is 0.404 e. The third kappa shape index (κ3) is 2.92. The maximum atomic E-state index is 10.9. The fourth-order valence-corrected chi connectivity index (χ4v) is 2.71. The van der Waals surface area contributed by atoms with Gasteiger partial charge in [0.05, 0.1) is 6.61 Å². The average Bonchev–Trinajstić information content (AvgIpc) is 2.54. The molecule has 114 valence electrons. The van der Waals surface area contributed by atoms with Crippen LogP contribution in [0.4, 0.5) is 4.79 Å². The van der Waals surface area contributed by atoms with Crippen molar-refractivity contribution in [1.29, 1.82) is 0 Å². The van der Waals surface area contributed by atoms with Crippen LogP contribution in [0.1, 0.15) is 24.2 Å². The maximum absolute atomic E-state index is 10.9. The lowest BCUT2D eigenvalue weighted by atomic mass is 9.93. The Labute approximate surface area is 128 Å². The van der Waals surface area contributed by atoms with Gasteiger partial charge in [-0.3, -0.25) is 0 Å². The van der Waals surface area contributed by atoms with Gasteiger partial charge in [0.1, 0.15) is 12.2 Å². The molecule has 2 heterocycles. The molecule has 2 aromatic rings. The molecule has 2 atom stereocenters. The van der Waals surface area contributed by atoms with Gasteiger partial charge in [0.25, 0.3) is 0 Å². The van der Waals surface area contributed by atoms with Crippen molar-refractivity contribution in [2.45, 2.75) is 25.6 Å². The number of nitrogens with two attached hydrogens (primary N) is 1. The highest BCUT2D eigenvalue weighted by molar-refractivity contribution is 5.65. The number of carbonyl (C=O) groups is 1. The molecule has 3 rings (SSSR count). The molecule has 0 fully saturated rings. The van der Waals surface area contributed by atoms with E-state index in [1.54, 1.807) is 25.4 Å². The van der Waals surface area contributed by atoms with Crippen molar-refractivity contribution in [2.24, 2.45) is 5.73 Å². The zero-order valence-corrected chi connectivity index (χ0v) is 12.2. The number of amides is 1. The molecule has 22 heavy (non-hydrogen) atoms. The van der Waals surface area contributed by atoms with Gasteiger partial charge >= 0.3 is 6.09 Å². The van der Waals surface area contributed by atoms with E-state index in [-0.39, 0.29) is 6.10 Å². The molecule has 6 nitrogen and oxygen atoms in total. The van der Waals surface area contributed by atoms with Crippen molar-refractivity contribution >= 4 is 6.09 Å². The number of fused-ring (bicyclic) bond motifs is 1. The van der Waals surface area contributed by atoms with Crippen molar-refractivity contribution < 1.29 is 14.3 Å². The minimum Gasteiger partial charge on any atom is -0.444 e. The summed E-state index contributed by atoms with van der Waals surface area (Å²) in [6, 6.07) is 7.78. The van der Waals surface area contributed by atoms with Crippen LogP contribution >= 0.6 is 0 Å². The van der Waals surface area contributed by atoms with Gasteiger partial charge in [-0.15, -0.1) is 0 Å². The van der Waals surface area contributed by atoms with Crippen LogP contribution in [0.2, 0.25) is 0 Å². The van der Waals surface area contributed by atoms with Gasteiger partial charge in [-0.1, -0.05) is 12.1 Å². The summed E-state index contributed by atoms with van der Waals surface area (Å²) >= 11 is 0. The van der Waals surface area contributed by atoms with Gasteiger partial charge in [0.15, 0.2) is 5.82 Å². The molecule has 2 unspecified atom stereocenters. The summed E-state index contributed by atoms with van der Waals surface area (Å²) in [5.41, 5.74) is 8.22. The topological polar surface area (TPSA) is 87.3 Å². The van der Waals surface area contributed by atoms with E-state index in [0.717, 1.165) is 23.1 Å². The van der Waals surface area contributed by atoms with Gasteiger partial charge in [0.2, 0.25) is 0 Å². The predicted molar refractivity (Wildman–Crippen MR) is 80.0 cm³/mol. The van der Waals surface area contributed by atoms with Crippen LogP contribution < -0.4 is 5.73 Å². The number of hydrogen-bond acceptors (Lipinski definition) is 5. The average molecular weight is 299 g/mol. The number of carbonyl (C=O) groups excluding carboxylic acids is 1. The van der Waals surface area contributed by atoms with Crippen LogP contribution in [0, 0.1) is 0 Å². The first-order chi connectivity index (χ1) is 10.6. The fourth-order valence-electron chi connectivity index (χ4n) is 2.71. The number of benzene rings is 1. The van der Waals surface area contributed by atoms with Crippen molar-refractivity contribution in [2.75, 3.05) is 6.61 Å². The summed E-state index contributed by atoms with van der Waals surface area (Å²) in [5.74, 6) is 0.690. The van der Waals surface area contributed by atoms with Crippen molar-refractivity contribution in [3.8, 4) is 11.4 Å². The summed E-state index contributed by atoms with van der Waals surface area (Å²) in [4.78, 5) is 19.5. The fraction of sp³-hybridized carbons (Fsp3) is 0.312. The lowest BCUT2D eigenvalue weighted by Crippen LogP contribution is -2.30. The molecule has 0 radical (unpaired) electrons. The standard InChI is InChI=1S/C16H17N3O3/c1-10(22-16(17)20)14-13-4-3-12(9-11(13)5-8-21-14)15-18-6-2-7-19-15/h2-4,6-7,9-10,14H,5,8H2,1H3,(H2,17,20). The van der Waals surface area contributed by atoms with Gasteiger partial charge < -0.3 is 15.2 Å². The normalized spacial score (nSPS) is 18.3. The molecular formula is C16H17N3O3. The first-order valence-electron chi connectivity index (χ1n) is 7.13. The van der Waals surface area contributed by atoms with Crippen LogP contribution in [0.15, 0.2) is 36.7 Å². The van der Waals surface area contributed by atoms with Gasteiger partial charge in [0, 0.05) is 18.0 Å². The van der Waals surface area contributed by atoms with Gasteiger partial charge in [-0.05, 0) is 36.6 Å². The lowest BCUT2D eigenvalue weighted by molar-refractivity contribution is -0.0432. The summed E-state index contributed by atoms with van der Waals surface area (Å²) < 4.78 is 10.8. The van der Waals surface area contributed by atoms with Crippen molar-refractivity contribution in [1.82, 2.24) is 9.97 Å². The van der Waals surface area contributed by atoms with Crippen LogP contribution in [0.25, 0.3) is 11.4 Å². The summed E-state index contributed by atoms with van der Waals surface area (Å²) in [6.45, 7) is 2.35. The molecule has 1 aliphatic rings. The minimum absolute atomic E-state index is 0.304. The highest BCUT2D eigenvalue weighted by Gasteiger charge is 2.28. The Morgan fingerprint density at radius 1 is 1.41 bits per heavy atom. The van der Waals surface area contributed by atoms with E-state index in [2.05, 4.69) is 16.0 Å². The molecule has 0 saturated heterocycles. The number of nitrogens with zero attached hydrogens (tertiary/aromatic N) is 2. The first-order valence-corrected chi connectivity index (χ1v) is 7.13. The largest absolute Gasteiger partial charge is 0.444 e. The first kappa shape index (κ1) is 14.5. The Morgan fingerprint density at radius 2 is 2.18 bits per heavy atom. The minimum atomic E-state index is -0.794. The third-order valence-electron chi connectivity index (χ3n) is 3.67. The van der Waals surface area contributed by atoms with E-state index in [0.29, 0.717) is 12.4 Å².